The Labute approximate surface area is 137 Å². The van der Waals surface area contributed by atoms with E-state index in [0.29, 0.717) is 18.5 Å². The lowest BCUT2D eigenvalue weighted by Gasteiger charge is -2.24. The van der Waals surface area contributed by atoms with E-state index in [0.717, 1.165) is 6.42 Å². The van der Waals surface area contributed by atoms with Gasteiger partial charge in [-0.05, 0) is 24.4 Å². The molecule has 0 radical (unpaired) electrons. The van der Waals surface area contributed by atoms with Crippen LogP contribution in [0.3, 0.4) is 0 Å². The number of nitrogens with one attached hydrogen (secondary N) is 1. The van der Waals surface area contributed by atoms with E-state index in [9.17, 15) is 8.42 Å². The number of rotatable bonds is 4. The number of hydrogen-bond acceptors (Lipinski definition) is 6. The van der Waals surface area contributed by atoms with Crippen molar-refractivity contribution in [1.29, 1.82) is 0 Å². The van der Waals surface area contributed by atoms with Crippen molar-refractivity contribution in [3.8, 4) is 0 Å². The van der Waals surface area contributed by atoms with E-state index in [1.54, 1.807) is 13.2 Å². The van der Waals surface area contributed by atoms with Gasteiger partial charge in [-0.3, -0.25) is 4.68 Å². The zero-order chi connectivity index (χ0) is 15.9. The van der Waals surface area contributed by atoms with Crippen molar-refractivity contribution in [3.05, 3.63) is 22.7 Å². The summed E-state index contributed by atoms with van der Waals surface area (Å²) in [5, 5.41) is 6.85. The second-order valence-electron chi connectivity index (χ2n) is 5.08. The third-order valence-corrected chi connectivity index (χ3v) is 6.17. The normalized spacial score (nSPS) is 15.6. The molecule has 1 N–H and O–H groups in total. The van der Waals surface area contributed by atoms with Gasteiger partial charge in [0.1, 0.15) is 5.02 Å². The van der Waals surface area contributed by atoms with Crippen molar-refractivity contribution in [2.75, 3.05) is 5.32 Å². The van der Waals surface area contributed by atoms with Gasteiger partial charge in [0.15, 0.2) is 5.82 Å². The van der Waals surface area contributed by atoms with Crippen LogP contribution in [0.4, 0.5) is 11.5 Å². The molecule has 0 amide bonds. The average molecular weight is 362 g/mol. The third-order valence-electron chi connectivity index (χ3n) is 3.52. The van der Waals surface area contributed by atoms with Crippen LogP contribution in [0, 0.1) is 0 Å². The van der Waals surface area contributed by atoms with Crippen LogP contribution >= 0.6 is 23.2 Å². The molecule has 1 saturated carbocycles. The minimum Gasteiger partial charge on any atom is -0.335 e. The number of sulfone groups is 1. The Kier molecular flexibility index (Phi) is 4.00. The Bertz CT molecular complexity index is 817. The highest BCUT2D eigenvalue weighted by Gasteiger charge is 2.36. The van der Waals surface area contributed by atoms with Crippen molar-refractivity contribution in [2.24, 2.45) is 7.05 Å². The highest BCUT2D eigenvalue weighted by atomic mass is 35.5. The van der Waals surface area contributed by atoms with Crippen molar-refractivity contribution in [2.45, 2.75) is 29.5 Å². The summed E-state index contributed by atoms with van der Waals surface area (Å²) in [5.74, 6) is 0.236. The maximum atomic E-state index is 12.6. The minimum absolute atomic E-state index is 0.00509. The van der Waals surface area contributed by atoms with Gasteiger partial charge in [-0.15, -0.1) is 0 Å². The summed E-state index contributed by atoms with van der Waals surface area (Å²) < 4.78 is 26.6. The van der Waals surface area contributed by atoms with Crippen molar-refractivity contribution in [3.63, 3.8) is 0 Å². The standard InChI is InChI=1S/C12H13Cl2N5O2S/c1-19-6-9(16-10-8(13)5-15-12(14)17-10)11(18-19)22(20,21)7-3-2-4-7/h5-7H,2-4H2,1H3,(H,15,16,17). The molecule has 0 bridgehead atoms. The molecule has 0 atom stereocenters. The van der Waals surface area contributed by atoms with Crippen LogP contribution in [0.25, 0.3) is 0 Å². The second-order valence-corrected chi connectivity index (χ2v) is 7.97. The number of halogens is 2. The summed E-state index contributed by atoms with van der Waals surface area (Å²) >= 11 is 11.7. The van der Waals surface area contributed by atoms with E-state index in [2.05, 4.69) is 20.4 Å². The Morgan fingerprint density at radius 2 is 2.09 bits per heavy atom. The van der Waals surface area contributed by atoms with Crippen molar-refractivity contribution < 1.29 is 8.42 Å². The smallest absolute Gasteiger partial charge is 0.224 e. The molecule has 0 aromatic carbocycles. The molecular weight excluding hydrogens is 349 g/mol. The van der Waals surface area contributed by atoms with Gasteiger partial charge in [0.2, 0.25) is 20.1 Å². The van der Waals surface area contributed by atoms with Gasteiger partial charge in [-0.25, -0.2) is 13.4 Å². The first-order valence-electron chi connectivity index (χ1n) is 6.60. The lowest BCUT2D eigenvalue weighted by atomic mass is 10.0. The summed E-state index contributed by atoms with van der Waals surface area (Å²) in [7, 11) is -1.82. The quantitative estimate of drug-likeness (QED) is 0.841. The molecule has 1 aliphatic rings. The number of nitrogens with zero attached hydrogens (tertiary/aromatic N) is 4. The molecule has 10 heteroatoms. The van der Waals surface area contributed by atoms with Gasteiger partial charge in [0.25, 0.3) is 0 Å². The maximum absolute atomic E-state index is 12.6. The van der Waals surface area contributed by atoms with Gasteiger partial charge in [-0.2, -0.15) is 10.1 Å². The monoisotopic (exact) mass is 361 g/mol. The predicted molar refractivity (Wildman–Crippen MR) is 83.4 cm³/mol. The largest absolute Gasteiger partial charge is 0.335 e. The van der Waals surface area contributed by atoms with Gasteiger partial charge < -0.3 is 5.32 Å². The first-order valence-corrected chi connectivity index (χ1v) is 8.91. The van der Waals surface area contributed by atoms with E-state index in [1.807, 2.05) is 0 Å². The van der Waals surface area contributed by atoms with E-state index < -0.39 is 9.84 Å². The summed E-state index contributed by atoms with van der Waals surface area (Å²) in [5.41, 5.74) is 0.325. The second kappa shape index (κ2) is 5.68. The molecule has 118 valence electrons. The first-order chi connectivity index (χ1) is 10.4. The number of aryl methyl sites for hydroxylation is 1. The zero-order valence-electron chi connectivity index (χ0n) is 11.6. The van der Waals surface area contributed by atoms with Gasteiger partial charge >= 0.3 is 0 Å². The molecule has 7 nitrogen and oxygen atoms in total. The van der Waals surface area contributed by atoms with Crippen LogP contribution < -0.4 is 5.32 Å². The van der Waals surface area contributed by atoms with Gasteiger partial charge in [0, 0.05) is 13.2 Å². The molecule has 2 aromatic heterocycles. The summed E-state index contributed by atoms with van der Waals surface area (Å²) in [6.07, 6.45) is 5.16. The van der Waals surface area contributed by atoms with Crippen molar-refractivity contribution in [1.82, 2.24) is 19.7 Å². The highest BCUT2D eigenvalue weighted by Crippen LogP contribution is 2.35. The Morgan fingerprint density at radius 1 is 1.36 bits per heavy atom. The molecule has 0 aliphatic heterocycles. The van der Waals surface area contributed by atoms with E-state index in [1.165, 1.54) is 10.9 Å². The van der Waals surface area contributed by atoms with Gasteiger partial charge in [-0.1, -0.05) is 18.0 Å². The number of anilines is 2. The SMILES string of the molecule is Cn1cc(Nc2nc(Cl)ncc2Cl)c(S(=O)(=O)C2CCC2)n1. The zero-order valence-corrected chi connectivity index (χ0v) is 14.0. The van der Waals surface area contributed by atoms with Crippen LogP contribution in [0.2, 0.25) is 10.3 Å². The molecule has 0 unspecified atom stereocenters. The fourth-order valence-corrected chi connectivity index (χ4v) is 4.36. The Balaban J connectivity index is 2.00. The molecule has 0 saturated heterocycles. The summed E-state index contributed by atoms with van der Waals surface area (Å²) in [6.45, 7) is 0. The van der Waals surface area contributed by atoms with Crippen LogP contribution in [0.1, 0.15) is 19.3 Å². The lowest BCUT2D eigenvalue weighted by molar-refractivity contribution is 0.474. The molecule has 1 fully saturated rings. The third kappa shape index (κ3) is 2.78. The fourth-order valence-electron chi connectivity index (χ4n) is 2.16. The van der Waals surface area contributed by atoms with Gasteiger partial charge in [0.05, 0.1) is 17.1 Å². The average Bonchev–Trinajstić information content (AvgIpc) is 2.73. The summed E-state index contributed by atoms with van der Waals surface area (Å²) in [4.78, 5) is 7.71. The topological polar surface area (TPSA) is 89.8 Å². The van der Waals surface area contributed by atoms with E-state index in [4.69, 9.17) is 23.2 Å². The van der Waals surface area contributed by atoms with Crippen LogP contribution in [-0.4, -0.2) is 33.4 Å². The summed E-state index contributed by atoms with van der Waals surface area (Å²) in [6, 6.07) is 0. The minimum atomic E-state index is -3.47. The molecule has 0 spiro atoms. The van der Waals surface area contributed by atoms with E-state index in [-0.39, 0.29) is 26.4 Å². The Hall–Kier alpha value is -1.38. The maximum Gasteiger partial charge on any atom is 0.224 e. The lowest BCUT2D eigenvalue weighted by Crippen LogP contribution is -2.29. The number of aromatic nitrogens is 4. The predicted octanol–water partition coefficient (Wildman–Crippen LogP) is 2.59. The van der Waals surface area contributed by atoms with Crippen molar-refractivity contribution >= 4 is 44.5 Å². The van der Waals surface area contributed by atoms with Crippen LogP contribution in [-0.2, 0) is 16.9 Å². The van der Waals surface area contributed by atoms with E-state index >= 15 is 0 Å². The first kappa shape index (κ1) is 15.5. The highest BCUT2D eigenvalue weighted by molar-refractivity contribution is 7.92. The fraction of sp³-hybridized carbons (Fsp3) is 0.417. The molecular formula is C12H13Cl2N5O2S. The molecule has 1 aliphatic carbocycles. The molecule has 22 heavy (non-hydrogen) atoms. The Morgan fingerprint density at radius 3 is 2.73 bits per heavy atom. The number of hydrogen-bond donors (Lipinski definition) is 1. The molecule has 2 heterocycles. The van der Waals surface area contributed by atoms with Crippen LogP contribution in [0.15, 0.2) is 17.4 Å². The molecule has 2 aromatic rings. The molecule has 3 rings (SSSR count). The van der Waals surface area contributed by atoms with Crippen LogP contribution in [0.5, 0.6) is 0 Å².